The summed E-state index contributed by atoms with van der Waals surface area (Å²) in [5.74, 6) is 0.430. The maximum atomic E-state index is 13.1. The fourth-order valence-electron chi connectivity index (χ4n) is 4.54. The second-order valence-electron chi connectivity index (χ2n) is 6.72. The van der Waals surface area contributed by atoms with Crippen LogP contribution in [0.3, 0.4) is 0 Å². The zero-order chi connectivity index (χ0) is 14.2. The second kappa shape index (κ2) is 5.88. The Hall–Kier alpha value is -0.220. The molecule has 2 saturated carbocycles. The van der Waals surface area contributed by atoms with Crippen LogP contribution in [0.4, 0.5) is 0 Å². The van der Waals surface area contributed by atoms with Crippen LogP contribution in [0, 0.1) is 0 Å². The first-order chi connectivity index (χ1) is 9.72. The van der Waals surface area contributed by atoms with Crippen LogP contribution < -0.4 is 5.32 Å². The monoisotopic (exact) mass is 296 g/mol. The first-order valence-electron chi connectivity index (χ1n) is 8.35. The number of nitrogens with one attached hydrogen (secondary N) is 1. The lowest BCUT2D eigenvalue weighted by atomic mass is 9.97. The van der Waals surface area contributed by atoms with E-state index >= 15 is 0 Å². The summed E-state index contributed by atoms with van der Waals surface area (Å²) in [6.45, 7) is 2.23. The van der Waals surface area contributed by atoms with Crippen molar-refractivity contribution in [2.24, 2.45) is 0 Å². The third-order valence-electron chi connectivity index (χ3n) is 5.52. The van der Waals surface area contributed by atoms with Crippen LogP contribution in [0.2, 0.25) is 0 Å². The Kier molecular flexibility index (Phi) is 4.32. The van der Waals surface area contributed by atoms with Gasteiger partial charge in [-0.05, 0) is 38.4 Å². The molecule has 1 N–H and O–H groups in total. The molecule has 1 aliphatic heterocycles. The summed E-state index contributed by atoms with van der Waals surface area (Å²) >= 11 is 1.96. The molecule has 114 valence electrons. The first-order valence-corrected chi connectivity index (χ1v) is 9.64. The predicted molar refractivity (Wildman–Crippen MR) is 84.8 cm³/mol. The first kappa shape index (κ1) is 14.7. The van der Waals surface area contributed by atoms with Gasteiger partial charge < -0.3 is 4.90 Å². The SMILES string of the molecule is CCCC1NC2(CCCC2)C(=O)N1C1CCCC1SC. The minimum absolute atomic E-state index is 0.189. The fourth-order valence-corrected chi connectivity index (χ4v) is 5.53. The molecule has 3 rings (SSSR count). The quantitative estimate of drug-likeness (QED) is 0.865. The highest BCUT2D eigenvalue weighted by molar-refractivity contribution is 7.99. The Labute approximate surface area is 127 Å². The van der Waals surface area contributed by atoms with Crippen LogP contribution in [0.5, 0.6) is 0 Å². The molecule has 0 radical (unpaired) electrons. The van der Waals surface area contributed by atoms with Gasteiger partial charge in [0.05, 0.1) is 11.7 Å². The molecule has 1 spiro atoms. The summed E-state index contributed by atoms with van der Waals surface area (Å²) in [6, 6.07) is 0.474. The number of rotatable bonds is 4. The van der Waals surface area contributed by atoms with Gasteiger partial charge in [-0.3, -0.25) is 10.1 Å². The molecule has 1 saturated heterocycles. The number of carbonyl (C=O) groups is 1. The summed E-state index contributed by atoms with van der Waals surface area (Å²) in [6.07, 6.45) is 13.0. The minimum Gasteiger partial charge on any atom is -0.321 e. The van der Waals surface area contributed by atoms with Gasteiger partial charge in [0.2, 0.25) is 5.91 Å². The molecule has 3 nitrogen and oxygen atoms in total. The van der Waals surface area contributed by atoms with Gasteiger partial charge in [-0.15, -0.1) is 0 Å². The van der Waals surface area contributed by atoms with Crippen molar-refractivity contribution in [1.29, 1.82) is 0 Å². The van der Waals surface area contributed by atoms with Crippen LogP contribution in [0.25, 0.3) is 0 Å². The lowest BCUT2D eigenvalue weighted by molar-refractivity contribution is -0.135. The van der Waals surface area contributed by atoms with Gasteiger partial charge in [-0.1, -0.05) is 32.6 Å². The zero-order valence-electron chi connectivity index (χ0n) is 12.9. The van der Waals surface area contributed by atoms with Gasteiger partial charge in [0.1, 0.15) is 0 Å². The van der Waals surface area contributed by atoms with Crippen LogP contribution in [0.1, 0.15) is 64.7 Å². The molecule has 1 amide bonds. The number of carbonyl (C=O) groups excluding carboxylic acids is 1. The smallest absolute Gasteiger partial charge is 0.244 e. The average Bonchev–Trinajstić information content (AvgIpc) is 3.13. The number of hydrogen-bond donors (Lipinski definition) is 1. The molecule has 2 aliphatic carbocycles. The highest BCUT2D eigenvalue weighted by Gasteiger charge is 2.54. The highest BCUT2D eigenvalue weighted by Crippen LogP contribution is 2.42. The molecule has 0 aromatic carbocycles. The normalized spacial score (nSPS) is 36.4. The number of nitrogens with zero attached hydrogens (tertiary/aromatic N) is 1. The second-order valence-corrected chi connectivity index (χ2v) is 7.80. The maximum Gasteiger partial charge on any atom is 0.244 e. The molecule has 20 heavy (non-hydrogen) atoms. The highest BCUT2D eigenvalue weighted by atomic mass is 32.2. The van der Waals surface area contributed by atoms with Crippen molar-refractivity contribution >= 4 is 17.7 Å². The molecule has 3 aliphatic rings. The molecule has 0 aromatic rings. The van der Waals surface area contributed by atoms with Crippen molar-refractivity contribution in [3.63, 3.8) is 0 Å². The zero-order valence-corrected chi connectivity index (χ0v) is 13.7. The van der Waals surface area contributed by atoms with Crippen molar-refractivity contribution in [2.75, 3.05) is 6.26 Å². The molecule has 4 heteroatoms. The molecule has 0 bridgehead atoms. The van der Waals surface area contributed by atoms with E-state index in [0.717, 1.165) is 25.7 Å². The van der Waals surface area contributed by atoms with E-state index in [1.807, 2.05) is 11.8 Å². The largest absolute Gasteiger partial charge is 0.321 e. The lowest BCUT2D eigenvalue weighted by Gasteiger charge is -2.33. The summed E-state index contributed by atoms with van der Waals surface area (Å²) in [7, 11) is 0. The van der Waals surface area contributed by atoms with Crippen molar-refractivity contribution in [3.8, 4) is 0 Å². The van der Waals surface area contributed by atoms with Crippen molar-refractivity contribution in [2.45, 2.75) is 87.7 Å². The van der Waals surface area contributed by atoms with Crippen molar-refractivity contribution < 1.29 is 4.79 Å². The van der Waals surface area contributed by atoms with Gasteiger partial charge in [0, 0.05) is 11.3 Å². The Morgan fingerprint density at radius 3 is 2.70 bits per heavy atom. The van der Waals surface area contributed by atoms with Crippen LogP contribution in [-0.4, -0.2) is 40.1 Å². The Morgan fingerprint density at radius 2 is 2.05 bits per heavy atom. The van der Waals surface area contributed by atoms with Gasteiger partial charge in [-0.2, -0.15) is 11.8 Å². The molecule has 3 unspecified atom stereocenters. The average molecular weight is 296 g/mol. The Balaban J connectivity index is 1.84. The van der Waals surface area contributed by atoms with Gasteiger partial charge in [-0.25, -0.2) is 0 Å². The van der Waals surface area contributed by atoms with E-state index in [-0.39, 0.29) is 5.54 Å². The van der Waals surface area contributed by atoms with Gasteiger partial charge in [0.25, 0.3) is 0 Å². The van der Waals surface area contributed by atoms with Gasteiger partial charge >= 0.3 is 0 Å². The molecule has 3 atom stereocenters. The van der Waals surface area contributed by atoms with E-state index in [4.69, 9.17) is 0 Å². The molecular weight excluding hydrogens is 268 g/mol. The minimum atomic E-state index is -0.189. The molecule has 1 heterocycles. The van der Waals surface area contributed by atoms with E-state index in [1.54, 1.807) is 0 Å². The third kappa shape index (κ3) is 2.29. The standard InChI is InChI=1S/C16H28N2OS/c1-3-7-14-17-16(10-4-5-11-16)15(19)18(14)12-8-6-9-13(12)20-2/h12-14,17H,3-11H2,1-2H3. The van der Waals surface area contributed by atoms with E-state index < -0.39 is 0 Å². The Bertz CT molecular complexity index is 367. The van der Waals surface area contributed by atoms with Crippen molar-refractivity contribution in [3.05, 3.63) is 0 Å². The van der Waals surface area contributed by atoms with E-state index in [9.17, 15) is 4.79 Å². The number of amides is 1. The summed E-state index contributed by atoms with van der Waals surface area (Å²) < 4.78 is 0. The van der Waals surface area contributed by atoms with Crippen LogP contribution >= 0.6 is 11.8 Å². The predicted octanol–water partition coefficient (Wildman–Crippen LogP) is 3.14. The number of hydrogen-bond acceptors (Lipinski definition) is 3. The van der Waals surface area contributed by atoms with Gasteiger partial charge in [0.15, 0.2) is 0 Å². The van der Waals surface area contributed by atoms with E-state index in [0.29, 0.717) is 23.4 Å². The summed E-state index contributed by atoms with van der Waals surface area (Å²) in [4.78, 5) is 15.4. The van der Waals surface area contributed by atoms with Crippen molar-refractivity contribution in [1.82, 2.24) is 10.2 Å². The maximum absolute atomic E-state index is 13.1. The van der Waals surface area contributed by atoms with Crippen LogP contribution in [0.15, 0.2) is 0 Å². The fraction of sp³-hybridized carbons (Fsp3) is 0.938. The lowest BCUT2D eigenvalue weighted by Crippen LogP contribution is -2.47. The Morgan fingerprint density at radius 1 is 1.30 bits per heavy atom. The van der Waals surface area contributed by atoms with Crippen LogP contribution in [-0.2, 0) is 4.79 Å². The third-order valence-corrected chi connectivity index (χ3v) is 6.67. The number of thioether (sulfide) groups is 1. The topological polar surface area (TPSA) is 32.3 Å². The van der Waals surface area contributed by atoms with E-state index in [1.165, 1.54) is 32.1 Å². The van der Waals surface area contributed by atoms with E-state index in [2.05, 4.69) is 23.4 Å². The summed E-state index contributed by atoms with van der Waals surface area (Å²) in [5.41, 5.74) is -0.189. The molecule has 3 fully saturated rings. The summed E-state index contributed by atoms with van der Waals surface area (Å²) in [5, 5.41) is 4.41. The molecule has 0 aromatic heterocycles. The molecular formula is C16H28N2OS.